The number of piperidine rings is 1. The minimum Gasteiger partial charge on any atom is -0.481 e. The summed E-state index contributed by atoms with van der Waals surface area (Å²) in [5.41, 5.74) is -0.439. The van der Waals surface area contributed by atoms with Gasteiger partial charge in [0.15, 0.2) is 5.60 Å². The number of hydrogen-bond donors (Lipinski definition) is 3. The fraction of sp³-hybridized carbons (Fsp3) is 0.391. The lowest BCUT2D eigenvalue weighted by Crippen LogP contribution is -2.47. The van der Waals surface area contributed by atoms with Gasteiger partial charge in [-0.1, -0.05) is 60.7 Å². The van der Waals surface area contributed by atoms with Gasteiger partial charge in [0, 0.05) is 20.5 Å². The van der Waals surface area contributed by atoms with E-state index < -0.39 is 11.6 Å². The van der Waals surface area contributed by atoms with Gasteiger partial charge < -0.3 is 20.4 Å². The number of aliphatic hydroxyl groups is 1. The molecule has 1 saturated heterocycles. The lowest BCUT2D eigenvalue weighted by atomic mass is 9.85. The molecule has 0 radical (unpaired) electrons. The number of rotatable bonds is 5. The topological polar surface area (TPSA) is 89.9 Å². The number of carboxylic acids is 1. The van der Waals surface area contributed by atoms with Crippen LogP contribution in [-0.4, -0.2) is 53.7 Å². The molecule has 1 unspecified atom stereocenters. The second-order valence-electron chi connectivity index (χ2n) is 7.80. The third-order valence-corrected chi connectivity index (χ3v) is 5.79. The Hall–Kier alpha value is -2.70. The van der Waals surface area contributed by atoms with Gasteiger partial charge in [0.1, 0.15) is 0 Å². The van der Waals surface area contributed by atoms with Crippen LogP contribution in [0.1, 0.15) is 18.1 Å². The Bertz CT molecular complexity index is 787. The number of likely N-dealkylation sites (N-methyl/N-ethyl adjacent to an activating group) is 1. The van der Waals surface area contributed by atoms with E-state index in [1.807, 2.05) is 60.7 Å². The second-order valence-corrected chi connectivity index (χ2v) is 7.80. The molecule has 1 aliphatic carbocycles. The van der Waals surface area contributed by atoms with Crippen molar-refractivity contribution in [2.75, 3.05) is 26.7 Å². The molecule has 6 nitrogen and oxygen atoms in total. The molecule has 1 saturated carbocycles. The minimum absolute atomic E-state index is 0.261. The maximum Gasteiger partial charge on any atom is 0.300 e. The summed E-state index contributed by atoms with van der Waals surface area (Å²) in [6, 6.07) is 18.5. The van der Waals surface area contributed by atoms with Gasteiger partial charge in [-0.2, -0.15) is 0 Å². The summed E-state index contributed by atoms with van der Waals surface area (Å²) in [6.45, 7) is 3.90. The average molecular weight is 396 g/mol. The van der Waals surface area contributed by atoms with E-state index in [-0.39, 0.29) is 5.91 Å². The molecule has 154 valence electrons. The molecule has 1 amide bonds. The number of carbonyl (C=O) groups excluding carboxylic acids is 1. The zero-order valence-corrected chi connectivity index (χ0v) is 16.8. The van der Waals surface area contributed by atoms with Crippen LogP contribution in [0.4, 0.5) is 0 Å². The molecule has 3 N–H and O–H groups in total. The summed E-state index contributed by atoms with van der Waals surface area (Å²) in [6.07, 6.45) is 0. The van der Waals surface area contributed by atoms with Gasteiger partial charge >= 0.3 is 0 Å². The molecule has 2 fully saturated rings. The van der Waals surface area contributed by atoms with Gasteiger partial charge in [-0.3, -0.25) is 9.59 Å². The largest absolute Gasteiger partial charge is 0.481 e. The number of benzene rings is 2. The Morgan fingerprint density at radius 2 is 1.41 bits per heavy atom. The smallest absolute Gasteiger partial charge is 0.300 e. The fourth-order valence-corrected chi connectivity index (χ4v) is 4.27. The van der Waals surface area contributed by atoms with Crippen LogP contribution in [0.15, 0.2) is 60.7 Å². The van der Waals surface area contributed by atoms with E-state index in [2.05, 4.69) is 5.32 Å². The zero-order valence-electron chi connectivity index (χ0n) is 16.8. The van der Waals surface area contributed by atoms with Crippen LogP contribution in [0, 0.1) is 17.8 Å². The third-order valence-electron chi connectivity index (χ3n) is 5.79. The van der Waals surface area contributed by atoms with Gasteiger partial charge in [-0.25, -0.2) is 0 Å². The summed E-state index contributed by atoms with van der Waals surface area (Å²) >= 11 is 0. The molecular formula is C23H28N2O4. The molecule has 2 aromatic rings. The molecule has 0 bridgehead atoms. The summed E-state index contributed by atoms with van der Waals surface area (Å²) in [7, 11) is 1.81. The fourth-order valence-electron chi connectivity index (χ4n) is 4.27. The van der Waals surface area contributed by atoms with Gasteiger partial charge in [-0.05, 0) is 42.0 Å². The minimum atomic E-state index is -1.65. The van der Waals surface area contributed by atoms with Crippen molar-refractivity contribution in [3.05, 3.63) is 71.8 Å². The Labute approximate surface area is 171 Å². The molecule has 0 spiro atoms. The number of carboxylic acid groups (broad SMARTS) is 1. The number of hydrogen-bond acceptors (Lipinski definition) is 4. The van der Waals surface area contributed by atoms with E-state index in [1.165, 1.54) is 0 Å². The van der Waals surface area contributed by atoms with Crippen LogP contribution in [0.3, 0.4) is 0 Å². The molecule has 6 heteroatoms. The first-order chi connectivity index (χ1) is 13.9. The van der Waals surface area contributed by atoms with Crippen LogP contribution < -0.4 is 5.32 Å². The van der Waals surface area contributed by atoms with E-state index in [9.17, 15) is 9.90 Å². The highest BCUT2D eigenvalue weighted by molar-refractivity contribution is 5.90. The van der Waals surface area contributed by atoms with E-state index in [0.29, 0.717) is 35.4 Å². The van der Waals surface area contributed by atoms with Crippen molar-refractivity contribution in [3.8, 4) is 0 Å². The van der Waals surface area contributed by atoms with Crippen molar-refractivity contribution in [2.24, 2.45) is 17.8 Å². The number of fused-ring (bicyclic) bond motifs is 1. The first-order valence-corrected chi connectivity index (χ1v) is 9.85. The monoisotopic (exact) mass is 396 g/mol. The summed E-state index contributed by atoms with van der Waals surface area (Å²) in [4.78, 5) is 24.0. The molecular weight excluding hydrogens is 368 g/mol. The predicted octanol–water partition coefficient (Wildman–Crippen LogP) is 1.94. The molecule has 1 aliphatic heterocycles. The highest BCUT2D eigenvalue weighted by Crippen LogP contribution is 2.49. The highest BCUT2D eigenvalue weighted by Gasteiger charge is 2.54. The number of aliphatic carboxylic acids is 1. The summed E-state index contributed by atoms with van der Waals surface area (Å²) in [5, 5.41) is 22.3. The first-order valence-electron chi connectivity index (χ1n) is 9.85. The molecule has 2 aromatic carbocycles. The van der Waals surface area contributed by atoms with Gasteiger partial charge in [0.25, 0.3) is 11.9 Å². The van der Waals surface area contributed by atoms with Crippen molar-refractivity contribution < 1.29 is 19.8 Å². The Balaban J connectivity index is 0.000000552. The third kappa shape index (κ3) is 4.49. The van der Waals surface area contributed by atoms with Crippen LogP contribution >= 0.6 is 0 Å². The quantitative estimate of drug-likeness (QED) is 0.719. The molecule has 1 heterocycles. The molecule has 3 atom stereocenters. The SMILES string of the molecule is CC(=O)O.CN(CC1[C@H]2CNC[C@@H]12)C(=O)C(O)(c1ccccc1)c1ccccc1. The van der Waals surface area contributed by atoms with Crippen molar-refractivity contribution >= 4 is 11.9 Å². The van der Waals surface area contributed by atoms with E-state index in [0.717, 1.165) is 20.0 Å². The summed E-state index contributed by atoms with van der Waals surface area (Å²) < 4.78 is 0. The number of nitrogens with one attached hydrogen (secondary N) is 1. The van der Waals surface area contributed by atoms with Crippen LogP contribution in [-0.2, 0) is 15.2 Å². The average Bonchev–Trinajstić information content (AvgIpc) is 3.13. The lowest BCUT2D eigenvalue weighted by molar-refractivity contribution is -0.147. The van der Waals surface area contributed by atoms with Gasteiger partial charge in [0.2, 0.25) is 0 Å². The van der Waals surface area contributed by atoms with Crippen molar-refractivity contribution in [3.63, 3.8) is 0 Å². The highest BCUT2D eigenvalue weighted by atomic mass is 16.4. The zero-order chi connectivity index (χ0) is 21.0. The van der Waals surface area contributed by atoms with Crippen LogP contribution in [0.25, 0.3) is 0 Å². The van der Waals surface area contributed by atoms with E-state index in [1.54, 1.807) is 11.9 Å². The van der Waals surface area contributed by atoms with E-state index >= 15 is 0 Å². The lowest BCUT2D eigenvalue weighted by Gasteiger charge is -2.32. The number of amides is 1. The number of carbonyl (C=O) groups is 2. The maximum atomic E-state index is 13.3. The maximum absolute atomic E-state index is 13.3. The van der Waals surface area contributed by atoms with Crippen molar-refractivity contribution in [2.45, 2.75) is 12.5 Å². The molecule has 0 aromatic heterocycles. The first kappa shape index (κ1) is 21.0. The van der Waals surface area contributed by atoms with Crippen LogP contribution in [0.2, 0.25) is 0 Å². The predicted molar refractivity (Wildman–Crippen MR) is 110 cm³/mol. The standard InChI is InChI=1S/C21H24N2O2.C2H4O2/c1-23(14-19-17-12-22-13-18(17)19)20(24)21(25,15-8-4-2-5-9-15)16-10-6-3-7-11-16;1-2(3)4/h2-11,17-19,22,25H,12-14H2,1H3;1H3,(H,3,4)/t17-,18+,19?;. The number of nitrogens with zero attached hydrogens (tertiary/aromatic N) is 1. The van der Waals surface area contributed by atoms with Gasteiger partial charge in [-0.15, -0.1) is 0 Å². The van der Waals surface area contributed by atoms with Crippen molar-refractivity contribution in [1.82, 2.24) is 10.2 Å². The molecule has 29 heavy (non-hydrogen) atoms. The normalized spacial score (nSPS) is 22.1. The van der Waals surface area contributed by atoms with E-state index in [4.69, 9.17) is 9.90 Å². The summed E-state index contributed by atoms with van der Waals surface area (Å²) in [5.74, 6) is 0.849. The van der Waals surface area contributed by atoms with Crippen molar-refractivity contribution in [1.29, 1.82) is 0 Å². The van der Waals surface area contributed by atoms with Gasteiger partial charge in [0.05, 0.1) is 0 Å². The molecule has 4 rings (SSSR count). The van der Waals surface area contributed by atoms with Crippen LogP contribution in [0.5, 0.6) is 0 Å². The Morgan fingerprint density at radius 3 is 1.83 bits per heavy atom. The Morgan fingerprint density at radius 1 is 1.00 bits per heavy atom. The second kappa shape index (κ2) is 8.76. The Kier molecular flexibility index (Phi) is 6.35. The molecule has 2 aliphatic rings.